The summed E-state index contributed by atoms with van der Waals surface area (Å²) in [6, 6.07) is 13.1. The number of benzene rings is 2. The number of fused-ring (bicyclic) bond motifs is 4. The molecule has 2 N–H and O–H groups in total. The zero-order chi connectivity index (χ0) is 19.3. The summed E-state index contributed by atoms with van der Waals surface area (Å²) in [5.74, 6) is 1.18. The highest BCUT2D eigenvalue weighted by molar-refractivity contribution is 7.21. The van der Waals surface area contributed by atoms with Crippen LogP contribution in [0.1, 0.15) is 20.8 Å². The van der Waals surface area contributed by atoms with Crippen molar-refractivity contribution in [2.75, 3.05) is 6.79 Å². The number of rotatable bonds is 3. The maximum Gasteiger partial charge on any atom is 0.261 e. The third-order valence-electron chi connectivity index (χ3n) is 4.76. The van der Waals surface area contributed by atoms with E-state index in [2.05, 4.69) is 10.3 Å². The van der Waals surface area contributed by atoms with Gasteiger partial charge in [0.05, 0.1) is 10.3 Å². The molecule has 28 heavy (non-hydrogen) atoms. The highest BCUT2D eigenvalue weighted by Crippen LogP contribution is 2.33. The molecule has 0 fully saturated rings. The number of pyridine rings is 1. The van der Waals surface area contributed by atoms with E-state index in [1.165, 1.54) is 11.3 Å². The van der Waals surface area contributed by atoms with E-state index in [9.17, 15) is 9.59 Å². The zero-order valence-corrected chi connectivity index (χ0v) is 15.8. The van der Waals surface area contributed by atoms with Gasteiger partial charge in [-0.2, -0.15) is 0 Å². The van der Waals surface area contributed by atoms with Gasteiger partial charge in [-0.25, -0.2) is 0 Å². The number of aryl methyl sites for hydroxylation is 1. The number of aromatic nitrogens is 1. The highest BCUT2D eigenvalue weighted by Gasteiger charge is 2.16. The lowest BCUT2D eigenvalue weighted by molar-refractivity contribution is 0.0955. The summed E-state index contributed by atoms with van der Waals surface area (Å²) in [7, 11) is 0. The number of amides is 1. The Morgan fingerprint density at radius 2 is 1.96 bits per heavy atom. The van der Waals surface area contributed by atoms with Crippen molar-refractivity contribution in [2.45, 2.75) is 13.5 Å². The average Bonchev–Trinajstić information content (AvgIpc) is 3.34. The van der Waals surface area contributed by atoms with Crippen LogP contribution in [0, 0.1) is 6.92 Å². The largest absolute Gasteiger partial charge is 0.454 e. The van der Waals surface area contributed by atoms with Gasteiger partial charge in [0.25, 0.3) is 11.5 Å². The number of ether oxygens (including phenoxy) is 2. The van der Waals surface area contributed by atoms with E-state index in [-0.39, 0.29) is 18.3 Å². The topological polar surface area (TPSA) is 80.4 Å². The zero-order valence-electron chi connectivity index (χ0n) is 15.0. The summed E-state index contributed by atoms with van der Waals surface area (Å²) in [5.41, 5.74) is 2.61. The first-order chi connectivity index (χ1) is 13.6. The van der Waals surface area contributed by atoms with Gasteiger partial charge in [-0.15, -0.1) is 11.3 Å². The molecule has 0 radical (unpaired) electrons. The molecule has 140 valence electrons. The Kier molecular flexibility index (Phi) is 3.84. The lowest BCUT2D eigenvalue weighted by Crippen LogP contribution is -2.21. The third kappa shape index (κ3) is 2.80. The molecule has 0 unspecified atom stereocenters. The SMILES string of the molecule is Cc1ccc2[nH]c(=O)c3cc(C(=O)NCc4ccc5c(c4)OCO5)sc3c2c1. The molecule has 1 aliphatic heterocycles. The predicted molar refractivity (Wildman–Crippen MR) is 108 cm³/mol. The molecule has 2 aromatic heterocycles. The molecule has 1 amide bonds. The summed E-state index contributed by atoms with van der Waals surface area (Å²) in [6.07, 6.45) is 0. The minimum atomic E-state index is -0.209. The second kappa shape index (κ2) is 6.38. The molecule has 3 heterocycles. The normalized spacial score (nSPS) is 12.6. The molecule has 4 aromatic rings. The van der Waals surface area contributed by atoms with E-state index in [1.807, 2.05) is 43.3 Å². The number of hydrogen-bond acceptors (Lipinski definition) is 5. The van der Waals surface area contributed by atoms with Gasteiger partial charge in [-0.05, 0) is 42.8 Å². The molecular weight excluding hydrogens is 376 g/mol. The number of carbonyl (C=O) groups excluding carboxylic acids is 1. The number of thiophene rings is 1. The Labute approximate surface area is 163 Å². The molecule has 7 heteroatoms. The second-order valence-electron chi connectivity index (χ2n) is 6.73. The first-order valence-electron chi connectivity index (χ1n) is 8.81. The van der Waals surface area contributed by atoms with Crippen LogP contribution in [-0.2, 0) is 6.54 Å². The third-order valence-corrected chi connectivity index (χ3v) is 5.93. The average molecular weight is 392 g/mol. The molecule has 0 saturated carbocycles. The number of hydrogen-bond donors (Lipinski definition) is 2. The van der Waals surface area contributed by atoms with E-state index < -0.39 is 0 Å². The summed E-state index contributed by atoms with van der Waals surface area (Å²) in [6.45, 7) is 2.58. The van der Waals surface area contributed by atoms with Crippen LogP contribution in [0.3, 0.4) is 0 Å². The van der Waals surface area contributed by atoms with Gasteiger partial charge in [-0.1, -0.05) is 17.7 Å². The Bertz CT molecular complexity index is 1310. The molecule has 0 spiro atoms. The summed E-state index contributed by atoms with van der Waals surface area (Å²) >= 11 is 1.34. The van der Waals surface area contributed by atoms with Crippen LogP contribution in [0.15, 0.2) is 47.3 Å². The van der Waals surface area contributed by atoms with Gasteiger partial charge in [0.1, 0.15) is 0 Å². The Hall–Kier alpha value is -3.32. The van der Waals surface area contributed by atoms with Crippen molar-refractivity contribution in [2.24, 2.45) is 0 Å². The van der Waals surface area contributed by atoms with Gasteiger partial charge in [0.15, 0.2) is 11.5 Å². The van der Waals surface area contributed by atoms with Gasteiger partial charge in [-0.3, -0.25) is 9.59 Å². The first kappa shape index (κ1) is 16.8. The summed E-state index contributed by atoms with van der Waals surface area (Å²) < 4.78 is 11.5. The number of H-pyrrole nitrogens is 1. The summed E-state index contributed by atoms with van der Waals surface area (Å²) in [5, 5.41) is 4.40. The molecule has 0 saturated heterocycles. The maximum atomic E-state index is 12.7. The van der Waals surface area contributed by atoms with Crippen molar-refractivity contribution in [3.05, 3.63) is 68.8 Å². The van der Waals surface area contributed by atoms with Crippen LogP contribution < -0.4 is 20.3 Å². The van der Waals surface area contributed by atoms with Gasteiger partial charge < -0.3 is 19.8 Å². The van der Waals surface area contributed by atoms with E-state index >= 15 is 0 Å². The molecule has 6 nitrogen and oxygen atoms in total. The van der Waals surface area contributed by atoms with Crippen LogP contribution in [0.5, 0.6) is 11.5 Å². The van der Waals surface area contributed by atoms with E-state index in [4.69, 9.17) is 9.47 Å². The number of carbonyl (C=O) groups is 1. The van der Waals surface area contributed by atoms with Crippen molar-refractivity contribution < 1.29 is 14.3 Å². The fourth-order valence-corrected chi connectivity index (χ4v) is 4.44. The molecule has 2 aromatic carbocycles. The fourth-order valence-electron chi connectivity index (χ4n) is 3.34. The van der Waals surface area contributed by atoms with Gasteiger partial charge >= 0.3 is 0 Å². The van der Waals surface area contributed by atoms with E-state index in [1.54, 1.807) is 6.07 Å². The molecular formula is C21H16N2O4S. The quantitative estimate of drug-likeness (QED) is 0.557. The van der Waals surface area contributed by atoms with Crippen molar-refractivity contribution >= 4 is 38.2 Å². The highest BCUT2D eigenvalue weighted by atomic mass is 32.1. The predicted octanol–water partition coefficient (Wildman–Crippen LogP) is 3.71. The Morgan fingerprint density at radius 3 is 2.86 bits per heavy atom. The van der Waals surface area contributed by atoms with Crippen LogP contribution in [0.25, 0.3) is 21.0 Å². The fraction of sp³-hybridized carbons (Fsp3) is 0.143. The van der Waals surface area contributed by atoms with Crippen LogP contribution in [0.4, 0.5) is 0 Å². The lowest BCUT2D eigenvalue weighted by atomic mass is 10.1. The number of aromatic amines is 1. The molecule has 1 aliphatic rings. The van der Waals surface area contributed by atoms with Crippen LogP contribution >= 0.6 is 11.3 Å². The molecule has 0 atom stereocenters. The van der Waals surface area contributed by atoms with Crippen molar-refractivity contribution in [1.82, 2.24) is 10.3 Å². The van der Waals surface area contributed by atoms with Crippen molar-refractivity contribution in [3.8, 4) is 11.5 Å². The first-order valence-corrected chi connectivity index (χ1v) is 9.63. The van der Waals surface area contributed by atoms with Crippen molar-refractivity contribution in [3.63, 3.8) is 0 Å². The van der Waals surface area contributed by atoms with Crippen LogP contribution in [0.2, 0.25) is 0 Å². The van der Waals surface area contributed by atoms with E-state index in [0.29, 0.717) is 28.3 Å². The van der Waals surface area contributed by atoms with Crippen LogP contribution in [-0.4, -0.2) is 17.7 Å². The monoisotopic (exact) mass is 392 g/mol. The molecule has 0 bridgehead atoms. The maximum absolute atomic E-state index is 12.7. The molecule has 0 aliphatic carbocycles. The van der Waals surface area contributed by atoms with Gasteiger partial charge in [0.2, 0.25) is 6.79 Å². The van der Waals surface area contributed by atoms with Crippen molar-refractivity contribution in [1.29, 1.82) is 0 Å². The van der Waals surface area contributed by atoms with E-state index in [0.717, 1.165) is 26.7 Å². The minimum absolute atomic E-state index is 0.183. The standard InChI is InChI=1S/C21H16N2O4S/c1-11-2-4-15-13(6-11)19-14(20(24)23-15)8-18(28-19)21(25)22-9-12-3-5-16-17(7-12)27-10-26-16/h2-8H,9-10H2,1H3,(H,22,25)(H,23,24). The molecule has 5 rings (SSSR count). The lowest BCUT2D eigenvalue weighted by Gasteiger charge is -2.05. The summed E-state index contributed by atoms with van der Waals surface area (Å²) in [4.78, 5) is 28.5. The Morgan fingerprint density at radius 1 is 1.11 bits per heavy atom. The minimum Gasteiger partial charge on any atom is -0.454 e. The number of nitrogens with one attached hydrogen (secondary N) is 2. The Balaban J connectivity index is 1.45. The van der Waals surface area contributed by atoms with Gasteiger partial charge in [0, 0.05) is 22.1 Å². The second-order valence-corrected chi connectivity index (χ2v) is 7.78. The smallest absolute Gasteiger partial charge is 0.261 e.